The summed E-state index contributed by atoms with van der Waals surface area (Å²) in [7, 11) is 0. The first-order chi connectivity index (χ1) is 10.4. The third kappa shape index (κ3) is 2.47. The minimum atomic E-state index is 0.540. The molecule has 1 aliphatic carbocycles. The van der Waals surface area contributed by atoms with Gasteiger partial charge in [-0.1, -0.05) is 12.1 Å². The second-order valence-electron chi connectivity index (χ2n) is 5.89. The molecule has 1 saturated carbocycles. The van der Waals surface area contributed by atoms with Crippen LogP contribution in [-0.2, 0) is 6.54 Å². The van der Waals surface area contributed by atoms with Gasteiger partial charge in [-0.25, -0.2) is 4.98 Å². The van der Waals surface area contributed by atoms with Crippen molar-refractivity contribution in [2.45, 2.75) is 37.9 Å². The predicted octanol–water partition coefficient (Wildman–Crippen LogP) is 3.25. The van der Waals surface area contributed by atoms with Crippen LogP contribution in [0.4, 0.5) is 0 Å². The Labute approximate surface area is 124 Å². The average Bonchev–Trinajstić information content (AvgIpc) is 3.24. The summed E-state index contributed by atoms with van der Waals surface area (Å²) in [5.41, 5.74) is 2.55. The van der Waals surface area contributed by atoms with Gasteiger partial charge in [-0.3, -0.25) is 0 Å². The van der Waals surface area contributed by atoms with Crippen LogP contribution in [0, 0.1) is 0 Å². The minimum Gasteiger partial charge on any atom is -0.361 e. The van der Waals surface area contributed by atoms with Gasteiger partial charge in [0.25, 0.3) is 0 Å². The van der Waals surface area contributed by atoms with Crippen molar-refractivity contribution in [1.29, 1.82) is 0 Å². The van der Waals surface area contributed by atoms with Crippen molar-refractivity contribution >= 4 is 10.9 Å². The van der Waals surface area contributed by atoms with Crippen LogP contribution >= 0.6 is 0 Å². The monoisotopic (exact) mass is 280 g/mol. The Bertz CT molecular complexity index is 713. The second kappa shape index (κ2) is 5.37. The average molecular weight is 280 g/mol. The summed E-state index contributed by atoms with van der Waals surface area (Å²) in [5, 5.41) is 5.00. The number of fused-ring (bicyclic) bond motifs is 1. The van der Waals surface area contributed by atoms with Gasteiger partial charge in [0.15, 0.2) is 0 Å². The van der Waals surface area contributed by atoms with Crippen molar-refractivity contribution < 1.29 is 0 Å². The van der Waals surface area contributed by atoms with Crippen LogP contribution in [0.15, 0.2) is 49.2 Å². The molecule has 1 aliphatic rings. The molecule has 2 unspecified atom stereocenters. The van der Waals surface area contributed by atoms with Crippen LogP contribution in [-0.4, -0.2) is 20.6 Å². The summed E-state index contributed by atoms with van der Waals surface area (Å²) in [6.07, 6.45) is 11.7. The Kier molecular flexibility index (Phi) is 3.24. The molecule has 108 valence electrons. The molecular weight excluding hydrogens is 260 g/mol. The summed E-state index contributed by atoms with van der Waals surface area (Å²) < 4.78 is 2.25. The molecule has 2 aromatic heterocycles. The molecule has 4 nitrogen and oxygen atoms in total. The van der Waals surface area contributed by atoms with E-state index in [1.807, 2.05) is 18.7 Å². The molecule has 2 atom stereocenters. The topological polar surface area (TPSA) is 45.6 Å². The molecule has 0 radical (unpaired) electrons. The predicted molar refractivity (Wildman–Crippen MR) is 84.0 cm³/mol. The number of nitrogens with zero attached hydrogens (tertiary/aromatic N) is 2. The fourth-order valence-corrected chi connectivity index (χ4v) is 3.45. The molecule has 4 rings (SSSR count). The molecule has 1 aromatic carbocycles. The Morgan fingerprint density at radius 3 is 3.19 bits per heavy atom. The van der Waals surface area contributed by atoms with E-state index in [0.29, 0.717) is 12.1 Å². The van der Waals surface area contributed by atoms with Crippen molar-refractivity contribution in [3.8, 4) is 0 Å². The summed E-state index contributed by atoms with van der Waals surface area (Å²) in [4.78, 5) is 7.46. The number of aromatic nitrogens is 3. The summed E-state index contributed by atoms with van der Waals surface area (Å²) in [6, 6.07) is 9.83. The van der Waals surface area contributed by atoms with Gasteiger partial charge in [-0.2, -0.15) is 0 Å². The lowest BCUT2D eigenvalue weighted by molar-refractivity contribution is 0.390. The number of hydrogen-bond donors (Lipinski definition) is 2. The van der Waals surface area contributed by atoms with Crippen molar-refractivity contribution in [3.05, 3.63) is 54.7 Å². The highest BCUT2D eigenvalue weighted by molar-refractivity contribution is 5.79. The lowest BCUT2D eigenvalue weighted by atomic mass is 10.1. The van der Waals surface area contributed by atoms with Crippen LogP contribution in [0.5, 0.6) is 0 Å². The zero-order valence-electron chi connectivity index (χ0n) is 12.0. The van der Waals surface area contributed by atoms with E-state index in [1.54, 1.807) is 0 Å². The summed E-state index contributed by atoms with van der Waals surface area (Å²) in [5.74, 6) is 0. The highest BCUT2D eigenvalue weighted by Gasteiger charge is 2.27. The Morgan fingerprint density at radius 2 is 2.29 bits per heavy atom. The molecule has 0 spiro atoms. The van der Waals surface area contributed by atoms with Crippen LogP contribution in [0.1, 0.15) is 30.9 Å². The zero-order valence-corrected chi connectivity index (χ0v) is 12.0. The van der Waals surface area contributed by atoms with E-state index in [1.165, 1.54) is 35.7 Å². The van der Waals surface area contributed by atoms with E-state index in [9.17, 15) is 0 Å². The Hall–Kier alpha value is -2.07. The molecule has 1 fully saturated rings. The normalized spacial score (nSPS) is 22.1. The van der Waals surface area contributed by atoms with Gasteiger partial charge in [0.05, 0.1) is 6.33 Å². The quantitative estimate of drug-likeness (QED) is 0.770. The standard InChI is InChI=1S/C17H20N4/c1-2-15(17(3-1)21-9-8-18-12-21)20-11-13-4-5-14-6-7-19-16(14)10-13/h4-10,12,15,17,19-20H,1-3,11H2. The SMILES string of the molecule is c1cn(C2CCCC2NCc2ccc3cc[nH]c3c2)cn1. The molecule has 0 saturated heterocycles. The Morgan fingerprint density at radius 1 is 1.29 bits per heavy atom. The van der Waals surface area contributed by atoms with Crippen molar-refractivity contribution in [1.82, 2.24) is 19.9 Å². The first-order valence-corrected chi connectivity index (χ1v) is 7.67. The van der Waals surface area contributed by atoms with Crippen LogP contribution in [0.25, 0.3) is 10.9 Å². The number of imidazole rings is 1. The summed E-state index contributed by atoms with van der Waals surface area (Å²) in [6.45, 7) is 0.921. The molecule has 2 N–H and O–H groups in total. The molecule has 0 amide bonds. The third-order valence-corrected chi connectivity index (χ3v) is 4.58. The minimum absolute atomic E-state index is 0.540. The van der Waals surface area contributed by atoms with Crippen LogP contribution in [0.3, 0.4) is 0 Å². The van der Waals surface area contributed by atoms with Gasteiger partial charge in [-0.05, 0) is 42.3 Å². The first-order valence-electron chi connectivity index (χ1n) is 7.67. The molecular formula is C17H20N4. The smallest absolute Gasteiger partial charge is 0.0949 e. The molecule has 0 bridgehead atoms. The maximum Gasteiger partial charge on any atom is 0.0949 e. The van der Waals surface area contributed by atoms with Crippen molar-refractivity contribution in [3.63, 3.8) is 0 Å². The highest BCUT2D eigenvalue weighted by Crippen LogP contribution is 2.30. The number of aromatic amines is 1. The molecule has 21 heavy (non-hydrogen) atoms. The van der Waals surface area contributed by atoms with E-state index in [-0.39, 0.29) is 0 Å². The number of H-pyrrole nitrogens is 1. The Balaban J connectivity index is 1.45. The maximum absolute atomic E-state index is 4.18. The lowest BCUT2D eigenvalue weighted by Gasteiger charge is -2.22. The lowest BCUT2D eigenvalue weighted by Crippen LogP contribution is -2.33. The molecule has 0 aliphatic heterocycles. The highest BCUT2D eigenvalue weighted by atomic mass is 15.1. The number of hydrogen-bond acceptors (Lipinski definition) is 2. The fourth-order valence-electron chi connectivity index (χ4n) is 3.45. The van der Waals surface area contributed by atoms with Crippen molar-refractivity contribution in [2.75, 3.05) is 0 Å². The van der Waals surface area contributed by atoms with Gasteiger partial charge in [0.1, 0.15) is 0 Å². The number of rotatable bonds is 4. The molecule has 4 heteroatoms. The van der Waals surface area contributed by atoms with Gasteiger partial charge >= 0.3 is 0 Å². The number of benzene rings is 1. The van der Waals surface area contributed by atoms with Crippen LogP contribution < -0.4 is 5.32 Å². The first kappa shape index (κ1) is 12.7. The van der Waals surface area contributed by atoms with Crippen LogP contribution in [0.2, 0.25) is 0 Å². The number of nitrogens with one attached hydrogen (secondary N) is 2. The van der Waals surface area contributed by atoms with Gasteiger partial charge < -0.3 is 14.9 Å². The summed E-state index contributed by atoms with van der Waals surface area (Å²) >= 11 is 0. The van der Waals surface area contributed by atoms with Gasteiger partial charge in [-0.15, -0.1) is 0 Å². The van der Waals surface area contributed by atoms with E-state index in [4.69, 9.17) is 0 Å². The second-order valence-corrected chi connectivity index (χ2v) is 5.89. The fraction of sp³-hybridized carbons (Fsp3) is 0.353. The third-order valence-electron chi connectivity index (χ3n) is 4.58. The maximum atomic E-state index is 4.18. The van der Waals surface area contributed by atoms with Crippen molar-refractivity contribution in [2.24, 2.45) is 0 Å². The largest absolute Gasteiger partial charge is 0.361 e. The van der Waals surface area contributed by atoms with Gasteiger partial charge in [0.2, 0.25) is 0 Å². The van der Waals surface area contributed by atoms with E-state index < -0.39 is 0 Å². The van der Waals surface area contributed by atoms with Gasteiger partial charge in [0, 0.05) is 42.7 Å². The van der Waals surface area contributed by atoms with E-state index in [2.05, 4.69) is 50.3 Å². The zero-order chi connectivity index (χ0) is 14.1. The molecule has 2 heterocycles. The van der Waals surface area contributed by atoms with E-state index >= 15 is 0 Å². The van der Waals surface area contributed by atoms with E-state index in [0.717, 1.165) is 6.54 Å². The molecule has 3 aromatic rings.